The van der Waals surface area contributed by atoms with Gasteiger partial charge in [0, 0.05) is 42.8 Å². The third-order valence-electron chi connectivity index (χ3n) is 7.31. The van der Waals surface area contributed by atoms with Gasteiger partial charge in [0.05, 0.1) is 0 Å². The molecule has 0 fully saturated rings. The number of carboxylic acids is 2. The summed E-state index contributed by atoms with van der Waals surface area (Å²) in [5, 5.41) is 28.9. The molecule has 5 amide bonds. The van der Waals surface area contributed by atoms with Gasteiger partial charge >= 0.3 is 18.0 Å². The second-order valence-electron chi connectivity index (χ2n) is 11.0. The number of benzene rings is 2. The van der Waals surface area contributed by atoms with Gasteiger partial charge in [0.1, 0.15) is 6.04 Å². The number of nitrogens with two attached hydrogens (primary N) is 3. The average molecular weight is 683 g/mol. The molecule has 49 heavy (non-hydrogen) atoms. The fourth-order valence-electron chi connectivity index (χ4n) is 4.69. The number of rotatable bonds is 16. The van der Waals surface area contributed by atoms with Crippen molar-refractivity contribution >= 4 is 47.3 Å². The quantitative estimate of drug-likeness (QED) is 0.0639. The first-order chi connectivity index (χ1) is 23.3. The maximum absolute atomic E-state index is 13.4. The van der Waals surface area contributed by atoms with E-state index in [2.05, 4.69) is 0 Å². The van der Waals surface area contributed by atoms with Gasteiger partial charge < -0.3 is 32.5 Å². The maximum Gasteiger partial charge on any atom is 0.434 e. The van der Waals surface area contributed by atoms with Crippen molar-refractivity contribution in [2.24, 2.45) is 11.5 Å². The van der Waals surface area contributed by atoms with Crippen molar-refractivity contribution in [3.63, 3.8) is 0 Å². The van der Waals surface area contributed by atoms with Crippen LogP contribution in [0, 0.1) is 0 Å². The zero-order valence-electron chi connectivity index (χ0n) is 26.8. The Morgan fingerprint density at radius 1 is 0.776 bits per heavy atom. The number of hydrogen-bond acceptors (Lipinski definition) is 10. The SMILES string of the molecule is NCCCC[C@H](N)C(=O)O.Nc1ccc(C(=O)N(C(=O)O)N(C(=O)CCCCCN2C(=O)C=CC2=O)[C@@H](Cc2ccccc2)C(=O)O)cc1. The van der Waals surface area contributed by atoms with Crippen molar-refractivity contribution in [2.75, 3.05) is 18.8 Å². The first-order valence-corrected chi connectivity index (χ1v) is 15.5. The Hall–Kier alpha value is -5.61. The predicted octanol–water partition coefficient (Wildman–Crippen LogP) is 1.84. The first-order valence-electron chi connectivity index (χ1n) is 15.5. The summed E-state index contributed by atoms with van der Waals surface area (Å²) >= 11 is 0. The molecular weight excluding hydrogens is 640 g/mol. The molecule has 0 unspecified atom stereocenters. The number of carboxylic acid groups (broad SMARTS) is 3. The zero-order valence-corrected chi connectivity index (χ0v) is 26.8. The molecule has 0 saturated heterocycles. The molecule has 3 rings (SSSR count). The molecule has 16 nitrogen and oxygen atoms in total. The molecule has 0 radical (unpaired) electrons. The lowest BCUT2D eigenvalue weighted by Crippen LogP contribution is -2.59. The summed E-state index contributed by atoms with van der Waals surface area (Å²) in [6.45, 7) is 0.748. The Balaban J connectivity index is 0.000000722. The van der Waals surface area contributed by atoms with E-state index in [-0.39, 0.29) is 36.4 Å². The normalized spacial score (nSPS) is 13.2. The minimum absolute atomic E-state index is 0.109. The summed E-state index contributed by atoms with van der Waals surface area (Å²) in [6.07, 6.45) is 3.09. The topological polar surface area (TPSA) is 268 Å². The molecule has 0 aromatic heterocycles. The van der Waals surface area contributed by atoms with Crippen LogP contribution in [0.3, 0.4) is 0 Å². The number of imide groups is 2. The first kappa shape index (κ1) is 39.6. The Kier molecular flexibility index (Phi) is 16.1. The highest BCUT2D eigenvalue weighted by molar-refractivity contribution is 6.12. The number of amides is 5. The van der Waals surface area contributed by atoms with Gasteiger partial charge in [-0.15, -0.1) is 5.01 Å². The fourth-order valence-corrected chi connectivity index (χ4v) is 4.69. The Labute approximate surface area is 282 Å². The Morgan fingerprint density at radius 2 is 1.39 bits per heavy atom. The van der Waals surface area contributed by atoms with Crippen LogP contribution < -0.4 is 17.2 Å². The molecule has 0 aliphatic carbocycles. The molecule has 9 N–H and O–H groups in total. The van der Waals surface area contributed by atoms with Crippen LogP contribution in [0.15, 0.2) is 66.7 Å². The van der Waals surface area contributed by atoms with E-state index in [0.717, 1.165) is 17.7 Å². The van der Waals surface area contributed by atoms with Gasteiger partial charge in [0.15, 0.2) is 6.04 Å². The van der Waals surface area contributed by atoms with E-state index in [1.807, 2.05) is 0 Å². The van der Waals surface area contributed by atoms with Crippen molar-refractivity contribution in [1.29, 1.82) is 0 Å². The number of hydrogen-bond donors (Lipinski definition) is 6. The van der Waals surface area contributed by atoms with E-state index in [1.165, 1.54) is 36.4 Å². The summed E-state index contributed by atoms with van der Waals surface area (Å²) in [7, 11) is 0. The van der Waals surface area contributed by atoms with Crippen LogP contribution in [-0.2, 0) is 30.4 Å². The lowest BCUT2D eigenvalue weighted by molar-refractivity contribution is -0.161. The van der Waals surface area contributed by atoms with Gasteiger partial charge in [-0.3, -0.25) is 28.9 Å². The molecule has 1 heterocycles. The van der Waals surface area contributed by atoms with E-state index in [4.69, 9.17) is 22.3 Å². The molecular formula is C33H42N6O10. The number of anilines is 1. The Bertz CT molecular complexity index is 1480. The van der Waals surface area contributed by atoms with Crippen molar-refractivity contribution < 1.29 is 48.9 Å². The predicted molar refractivity (Wildman–Crippen MR) is 176 cm³/mol. The van der Waals surface area contributed by atoms with E-state index >= 15 is 0 Å². The summed E-state index contributed by atoms with van der Waals surface area (Å²) < 4.78 is 0. The third kappa shape index (κ3) is 12.5. The van der Waals surface area contributed by atoms with Gasteiger partial charge in [-0.1, -0.05) is 43.2 Å². The Morgan fingerprint density at radius 3 is 1.92 bits per heavy atom. The van der Waals surface area contributed by atoms with E-state index in [1.54, 1.807) is 30.3 Å². The molecule has 1 aliphatic heterocycles. The number of hydrazine groups is 1. The summed E-state index contributed by atoms with van der Waals surface area (Å²) in [5.74, 6) is -5.29. The van der Waals surface area contributed by atoms with Crippen molar-refractivity contribution in [1.82, 2.24) is 14.9 Å². The van der Waals surface area contributed by atoms with Crippen LogP contribution >= 0.6 is 0 Å². The number of aliphatic carboxylic acids is 2. The maximum atomic E-state index is 13.4. The standard InChI is InChI=1S/C27H28N4O8.C6H14N2O2/c28-20-12-10-19(11-13-20)25(35)31(27(38)39)30(21(26(36)37)17-18-7-3-1-4-8-18)24(34)9-5-2-6-16-29-22(32)14-15-23(29)33;7-4-2-1-3-5(8)6(9)10/h1,3-4,7-8,10-15,21H,2,5-6,9,16-17,28H2,(H,36,37)(H,38,39);5H,1-4,7-8H2,(H,9,10)/t21-;5-/m00/s1. The van der Waals surface area contributed by atoms with Crippen molar-refractivity contribution in [3.8, 4) is 0 Å². The summed E-state index contributed by atoms with van der Waals surface area (Å²) in [6, 6.07) is 11.2. The number of unbranched alkanes of at least 4 members (excludes halogenated alkanes) is 3. The van der Waals surface area contributed by atoms with Crippen LogP contribution in [0.5, 0.6) is 0 Å². The minimum atomic E-state index is -1.83. The van der Waals surface area contributed by atoms with Gasteiger partial charge in [0.25, 0.3) is 17.7 Å². The number of nitrogens with zero attached hydrogens (tertiary/aromatic N) is 3. The number of nitrogen functional groups attached to an aromatic ring is 1. The van der Waals surface area contributed by atoms with Gasteiger partial charge in [-0.05, 0) is 62.1 Å². The molecule has 2 aromatic carbocycles. The van der Waals surface area contributed by atoms with E-state index < -0.39 is 53.7 Å². The second kappa shape index (κ2) is 19.9. The number of carbonyl (C=O) groups is 7. The largest absolute Gasteiger partial charge is 0.480 e. The van der Waals surface area contributed by atoms with Crippen LogP contribution in [0.4, 0.5) is 10.5 Å². The van der Waals surface area contributed by atoms with Crippen LogP contribution in [-0.4, -0.2) is 97.1 Å². The lowest BCUT2D eigenvalue weighted by Gasteiger charge is -2.35. The zero-order chi connectivity index (χ0) is 36.5. The highest BCUT2D eigenvalue weighted by atomic mass is 16.4. The monoisotopic (exact) mass is 682 g/mol. The molecule has 0 saturated carbocycles. The smallest absolute Gasteiger partial charge is 0.434 e. The number of carbonyl (C=O) groups excluding carboxylic acids is 4. The minimum Gasteiger partial charge on any atom is -0.480 e. The van der Waals surface area contributed by atoms with Crippen molar-refractivity contribution in [3.05, 3.63) is 77.9 Å². The van der Waals surface area contributed by atoms with Gasteiger partial charge in [-0.2, -0.15) is 0 Å². The van der Waals surface area contributed by atoms with E-state index in [0.29, 0.717) is 42.1 Å². The van der Waals surface area contributed by atoms with Gasteiger partial charge in [0.2, 0.25) is 5.91 Å². The lowest BCUT2D eigenvalue weighted by atomic mass is 10.0. The molecule has 1 aliphatic rings. The average Bonchev–Trinajstić information content (AvgIpc) is 3.39. The molecule has 264 valence electrons. The summed E-state index contributed by atoms with van der Waals surface area (Å²) in [4.78, 5) is 85.9. The van der Waals surface area contributed by atoms with Crippen molar-refractivity contribution in [2.45, 2.75) is 63.5 Å². The van der Waals surface area contributed by atoms with Crippen LogP contribution in [0.25, 0.3) is 0 Å². The molecule has 0 bridgehead atoms. The molecule has 2 aromatic rings. The molecule has 0 spiro atoms. The third-order valence-corrected chi connectivity index (χ3v) is 7.31. The van der Waals surface area contributed by atoms with Gasteiger partial charge in [-0.25, -0.2) is 14.6 Å². The molecule has 2 atom stereocenters. The highest BCUT2D eigenvalue weighted by Gasteiger charge is 2.40. The summed E-state index contributed by atoms with van der Waals surface area (Å²) in [5.41, 5.74) is 16.8. The second-order valence-corrected chi connectivity index (χ2v) is 11.0. The fraction of sp³-hybridized carbons (Fsp3) is 0.364. The van der Waals surface area contributed by atoms with E-state index in [9.17, 15) is 43.8 Å². The highest BCUT2D eigenvalue weighted by Crippen LogP contribution is 2.20. The van der Waals surface area contributed by atoms with Crippen LogP contribution in [0.2, 0.25) is 0 Å². The molecule has 16 heteroatoms. The van der Waals surface area contributed by atoms with Crippen LogP contribution in [0.1, 0.15) is 60.9 Å².